The first-order valence-corrected chi connectivity index (χ1v) is 11.3. The molecule has 0 radical (unpaired) electrons. The van der Waals surface area contributed by atoms with Gasteiger partial charge in [0.25, 0.3) is 0 Å². The Kier molecular flexibility index (Phi) is 11.6. The molecule has 0 amide bonds. The summed E-state index contributed by atoms with van der Waals surface area (Å²) in [6.07, 6.45) is 2.84. The largest absolute Gasteiger partial charge is 0.460 e. The van der Waals surface area contributed by atoms with Gasteiger partial charge in [0.05, 0.1) is 12.5 Å². The maximum Gasteiger partial charge on any atom is 0.309 e. The molecule has 172 valence electrons. The summed E-state index contributed by atoms with van der Waals surface area (Å²) in [5.74, 6) is 0.200. The van der Waals surface area contributed by atoms with Gasteiger partial charge in [0.15, 0.2) is 0 Å². The molecule has 0 saturated heterocycles. The molecule has 0 aliphatic carbocycles. The summed E-state index contributed by atoms with van der Waals surface area (Å²) in [5, 5.41) is 3.23. The molecule has 0 fully saturated rings. The summed E-state index contributed by atoms with van der Waals surface area (Å²) in [6.45, 7) is 11.3. The van der Waals surface area contributed by atoms with Gasteiger partial charge in [-0.15, -0.1) is 0 Å². The summed E-state index contributed by atoms with van der Waals surface area (Å²) >= 11 is 0. The van der Waals surface area contributed by atoms with Crippen molar-refractivity contribution in [1.29, 1.82) is 0 Å². The molecule has 0 aromatic heterocycles. The number of carbonyl (C=O) groups excluding carboxylic acids is 1. The van der Waals surface area contributed by atoms with Gasteiger partial charge in [0.1, 0.15) is 5.60 Å². The SMILES string of the molecule is CC[C@H](C)[C@@H]([C@@H](CC(=O)OC(C)(C)CC[C@H](C)NC)OC)N(C)Cc1ccccc1. The zero-order chi connectivity index (χ0) is 22.7. The molecule has 30 heavy (non-hydrogen) atoms. The lowest BCUT2D eigenvalue weighted by Crippen LogP contribution is -2.47. The fourth-order valence-corrected chi connectivity index (χ4v) is 3.92. The Balaban J connectivity index is 2.81. The topological polar surface area (TPSA) is 50.8 Å². The van der Waals surface area contributed by atoms with E-state index in [9.17, 15) is 4.79 Å². The Morgan fingerprint density at radius 3 is 2.37 bits per heavy atom. The van der Waals surface area contributed by atoms with Crippen LogP contribution in [0.1, 0.15) is 65.9 Å². The van der Waals surface area contributed by atoms with Crippen molar-refractivity contribution in [1.82, 2.24) is 10.2 Å². The zero-order valence-electron chi connectivity index (χ0n) is 20.4. The van der Waals surface area contributed by atoms with Gasteiger partial charge in [-0.1, -0.05) is 50.6 Å². The molecule has 1 aromatic rings. The van der Waals surface area contributed by atoms with E-state index in [0.29, 0.717) is 12.0 Å². The van der Waals surface area contributed by atoms with Gasteiger partial charge in [0, 0.05) is 25.7 Å². The first-order valence-electron chi connectivity index (χ1n) is 11.3. The van der Waals surface area contributed by atoms with Gasteiger partial charge in [-0.05, 0) is 59.2 Å². The fraction of sp³-hybridized carbons (Fsp3) is 0.720. The van der Waals surface area contributed by atoms with Gasteiger partial charge >= 0.3 is 5.97 Å². The number of hydrogen-bond acceptors (Lipinski definition) is 5. The van der Waals surface area contributed by atoms with Gasteiger partial charge < -0.3 is 14.8 Å². The highest BCUT2D eigenvalue weighted by Crippen LogP contribution is 2.25. The van der Waals surface area contributed by atoms with Crippen LogP contribution in [0.5, 0.6) is 0 Å². The molecule has 0 bridgehead atoms. The van der Waals surface area contributed by atoms with E-state index >= 15 is 0 Å². The second-order valence-corrected chi connectivity index (χ2v) is 9.22. The van der Waals surface area contributed by atoms with E-state index < -0.39 is 5.60 Å². The van der Waals surface area contributed by atoms with Crippen LogP contribution in [0.15, 0.2) is 30.3 Å². The van der Waals surface area contributed by atoms with Crippen molar-refractivity contribution in [2.75, 3.05) is 21.2 Å². The Morgan fingerprint density at radius 1 is 1.20 bits per heavy atom. The van der Waals surface area contributed by atoms with Gasteiger partial charge in [0.2, 0.25) is 0 Å². The third kappa shape index (κ3) is 9.15. The van der Waals surface area contributed by atoms with E-state index in [1.165, 1.54) is 5.56 Å². The molecule has 0 aliphatic rings. The third-order valence-electron chi connectivity index (χ3n) is 6.12. The molecule has 1 N–H and O–H groups in total. The minimum absolute atomic E-state index is 0.125. The average molecular weight is 421 g/mol. The van der Waals surface area contributed by atoms with E-state index in [1.54, 1.807) is 7.11 Å². The first-order chi connectivity index (χ1) is 14.1. The monoisotopic (exact) mass is 420 g/mol. The predicted molar refractivity (Wildman–Crippen MR) is 124 cm³/mol. The van der Waals surface area contributed by atoms with Crippen LogP contribution in [-0.2, 0) is 20.8 Å². The first kappa shape index (κ1) is 26.6. The van der Waals surface area contributed by atoms with Crippen LogP contribution in [0, 0.1) is 5.92 Å². The van der Waals surface area contributed by atoms with Gasteiger partial charge in [-0.3, -0.25) is 9.69 Å². The second-order valence-electron chi connectivity index (χ2n) is 9.22. The molecule has 0 saturated carbocycles. The highest BCUT2D eigenvalue weighted by atomic mass is 16.6. The van der Waals surface area contributed by atoms with E-state index in [-0.39, 0.29) is 24.5 Å². The average Bonchev–Trinajstić information content (AvgIpc) is 2.71. The fourth-order valence-electron chi connectivity index (χ4n) is 3.92. The van der Waals surface area contributed by atoms with Crippen molar-refractivity contribution in [3.63, 3.8) is 0 Å². The van der Waals surface area contributed by atoms with Crippen LogP contribution in [0.4, 0.5) is 0 Å². The van der Waals surface area contributed by atoms with Crippen molar-refractivity contribution < 1.29 is 14.3 Å². The highest BCUT2D eigenvalue weighted by molar-refractivity contribution is 5.70. The Bertz CT molecular complexity index is 606. The number of ether oxygens (including phenoxy) is 2. The van der Waals surface area contributed by atoms with E-state index in [0.717, 1.165) is 25.8 Å². The van der Waals surface area contributed by atoms with Crippen molar-refractivity contribution in [2.45, 2.75) is 90.6 Å². The highest BCUT2D eigenvalue weighted by Gasteiger charge is 2.33. The lowest BCUT2D eigenvalue weighted by molar-refractivity contribution is -0.161. The van der Waals surface area contributed by atoms with Crippen molar-refractivity contribution in [2.24, 2.45) is 5.92 Å². The Morgan fingerprint density at radius 2 is 1.83 bits per heavy atom. The molecular weight excluding hydrogens is 376 g/mol. The van der Waals surface area contributed by atoms with E-state index in [4.69, 9.17) is 9.47 Å². The molecule has 0 unspecified atom stereocenters. The molecule has 5 heteroatoms. The number of hydrogen-bond donors (Lipinski definition) is 1. The normalized spacial score (nSPS) is 16.2. The molecule has 0 aliphatic heterocycles. The van der Waals surface area contributed by atoms with Crippen LogP contribution in [0.25, 0.3) is 0 Å². The maximum atomic E-state index is 12.8. The van der Waals surface area contributed by atoms with E-state index in [1.807, 2.05) is 27.0 Å². The molecular formula is C25H44N2O3. The lowest BCUT2D eigenvalue weighted by Gasteiger charge is -2.38. The Labute approximate surface area is 184 Å². The standard InChI is InChI=1S/C25H44N2O3/c1-9-19(2)24(27(7)18-21-13-11-10-12-14-21)22(29-8)17-23(28)30-25(4,5)16-15-20(3)26-6/h10-14,19-20,22,24,26H,9,15-18H2,1-8H3/t19-,20-,22+,24-/m0/s1. The molecule has 4 atom stereocenters. The van der Waals surface area contributed by atoms with Crippen molar-refractivity contribution in [3.05, 3.63) is 35.9 Å². The quantitative estimate of drug-likeness (QED) is 0.444. The summed E-state index contributed by atoms with van der Waals surface area (Å²) in [5.41, 5.74) is 0.771. The Hall–Kier alpha value is -1.43. The summed E-state index contributed by atoms with van der Waals surface area (Å²) < 4.78 is 11.7. The van der Waals surface area contributed by atoms with Gasteiger partial charge in [-0.25, -0.2) is 0 Å². The number of benzene rings is 1. The zero-order valence-corrected chi connectivity index (χ0v) is 20.4. The number of nitrogens with one attached hydrogen (secondary N) is 1. The number of carbonyl (C=O) groups is 1. The third-order valence-corrected chi connectivity index (χ3v) is 6.12. The molecule has 0 spiro atoms. The second kappa shape index (κ2) is 13.1. The predicted octanol–water partition coefficient (Wildman–Crippen LogP) is 4.65. The van der Waals surface area contributed by atoms with Crippen LogP contribution < -0.4 is 5.32 Å². The number of likely N-dealkylation sites (N-methyl/N-ethyl adjacent to an activating group) is 1. The number of methoxy groups -OCH3 is 1. The van der Waals surface area contributed by atoms with Crippen molar-refractivity contribution in [3.8, 4) is 0 Å². The van der Waals surface area contributed by atoms with Crippen LogP contribution in [-0.4, -0.2) is 55.9 Å². The minimum atomic E-state index is -0.484. The van der Waals surface area contributed by atoms with Crippen LogP contribution >= 0.6 is 0 Å². The van der Waals surface area contributed by atoms with Gasteiger partial charge in [-0.2, -0.15) is 0 Å². The summed E-state index contributed by atoms with van der Waals surface area (Å²) in [6, 6.07) is 10.9. The smallest absolute Gasteiger partial charge is 0.309 e. The van der Waals surface area contributed by atoms with Crippen LogP contribution in [0.3, 0.4) is 0 Å². The van der Waals surface area contributed by atoms with Crippen molar-refractivity contribution >= 4 is 5.97 Å². The molecule has 1 aromatic carbocycles. The maximum absolute atomic E-state index is 12.8. The molecule has 5 nitrogen and oxygen atoms in total. The summed E-state index contributed by atoms with van der Waals surface area (Å²) in [7, 11) is 5.77. The molecule has 1 rings (SSSR count). The lowest BCUT2D eigenvalue weighted by atomic mass is 9.90. The number of esters is 1. The number of rotatable bonds is 14. The minimum Gasteiger partial charge on any atom is -0.460 e. The number of nitrogens with zero attached hydrogens (tertiary/aromatic N) is 1. The van der Waals surface area contributed by atoms with Crippen LogP contribution in [0.2, 0.25) is 0 Å². The molecule has 0 heterocycles. The summed E-state index contributed by atoms with van der Waals surface area (Å²) in [4.78, 5) is 15.1. The van der Waals surface area contributed by atoms with E-state index in [2.05, 4.69) is 62.3 Å².